The molecule has 32 heavy (non-hydrogen) atoms. The molecule has 3 unspecified atom stereocenters. The topological polar surface area (TPSA) is 83.1 Å². The van der Waals surface area contributed by atoms with Crippen LogP contribution in [0.4, 0.5) is 0 Å². The van der Waals surface area contributed by atoms with Crippen LogP contribution in [0.25, 0.3) is 0 Å². The van der Waals surface area contributed by atoms with Crippen LogP contribution in [-0.2, 0) is 39.8 Å². The van der Waals surface area contributed by atoms with Crippen molar-refractivity contribution >= 4 is 26.4 Å². The van der Waals surface area contributed by atoms with E-state index in [-0.39, 0.29) is 22.0 Å². The summed E-state index contributed by atoms with van der Waals surface area (Å²) in [5, 5.41) is 0. The average molecular weight is 517 g/mol. The average Bonchev–Trinajstić information content (AvgIpc) is 2.78. The van der Waals surface area contributed by atoms with Crippen LogP contribution in [0.1, 0.15) is 47.0 Å². The summed E-state index contributed by atoms with van der Waals surface area (Å²) < 4.78 is 52.0. The molecule has 0 aromatic heterocycles. The highest BCUT2D eigenvalue weighted by molar-refractivity contribution is 6.63. The van der Waals surface area contributed by atoms with E-state index in [2.05, 4.69) is 27.7 Å². The van der Waals surface area contributed by atoms with E-state index in [0.29, 0.717) is 0 Å². The lowest BCUT2D eigenvalue weighted by Gasteiger charge is -2.43. The zero-order chi connectivity index (χ0) is 25.2. The van der Waals surface area contributed by atoms with Gasteiger partial charge in [-0.15, -0.1) is 0 Å². The second-order valence-electron chi connectivity index (χ2n) is 8.77. The van der Waals surface area contributed by atoms with Crippen LogP contribution < -0.4 is 0 Å². The quantitative estimate of drug-likeness (QED) is 0.251. The maximum absolute atomic E-state index is 5.78. The van der Waals surface area contributed by atoms with Crippen LogP contribution in [0.15, 0.2) is 0 Å². The molecule has 0 radical (unpaired) electrons. The highest BCUT2D eigenvalue weighted by Crippen LogP contribution is 2.49. The van der Waals surface area contributed by atoms with E-state index in [1.807, 2.05) is 0 Å². The Labute approximate surface area is 199 Å². The van der Waals surface area contributed by atoms with Crippen molar-refractivity contribution in [3.8, 4) is 0 Å². The van der Waals surface area contributed by atoms with Gasteiger partial charge in [0.2, 0.25) is 0 Å². The van der Waals surface area contributed by atoms with Gasteiger partial charge in [0.15, 0.2) is 0 Å². The van der Waals surface area contributed by atoms with Crippen LogP contribution in [0.3, 0.4) is 0 Å². The van der Waals surface area contributed by atoms with Crippen LogP contribution >= 0.6 is 0 Å². The molecule has 0 amide bonds. The first-order valence-corrected chi connectivity index (χ1v) is 16.3. The molecule has 0 aliphatic heterocycles. The predicted octanol–water partition coefficient (Wildman–Crippen LogP) is 3.97. The summed E-state index contributed by atoms with van der Waals surface area (Å²) in [5.41, 5.74) is -0.0220. The fraction of sp³-hybridized carbons (Fsp3) is 1.00. The molecule has 194 valence electrons. The summed E-state index contributed by atoms with van der Waals surface area (Å²) in [7, 11) is 6.32. The minimum absolute atomic E-state index is 0.0549. The summed E-state index contributed by atoms with van der Waals surface area (Å²) in [6.45, 7) is 8.63. The van der Waals surface area contributed by atoms with Crippen molar-refractivity contribution in [2.24, 2.45) is 5.41 Å². The molecular formula is C20H48O9Si3. The molecule has 0 aromatic rings. The summed E-state index contributed by atoms with van der Waals surface area (Å²) >= 11 is 0. The summed E-state index contributed by atoms with van der Waals surface area (Å²) in [5.74, 6) is 0. The minimum atomic E-state index is -2.84. The number of hydrogen-bond donors (Lipinski definition) is 0. The van der Waals surface area contributed by atoms with E-state index in [1.165, 1.54) is 0 Å². The second kappa shape index (κ2) is 14.0. The fourth-order valence-corrected chi connectivity index (χ4v) is 12.8. The molecule has 0 saturated heterocycles. The van der Waals surface area contributed by atoms with Gasteiger partial charge < -0.3 is 39.8 Å². The van der Waals surface area contributed by atoms with Gasteiger partial charge in [0, 0.05) is 80.6 Å². The maximum atomic E-state index is 5.78. The molecule has 0 aliphatic rings. The monoisotopic (exact) mass is 516 g/mol. The van der Waals surface area contributed by atoms with Crippen molar-refractivity contribution in [2.75, 3.05) is 64.0 Å². The zero-order valence-electron chi connectivity index (χ0n) is 22.5. The van der Waals surface area contributed by atoms with Gasteiger partial charge in [0.1, 0.15) is 0 Å². The molecule has 0 rings (SSSR count). The first kappa shape index (κ1) is 32.3. The van der Waals surface area contributed by atoms with E-state index in [4.69, 9.17) is 39.8 Å². The van der Waals surface area contributed by atoms with Gasteiger partial charge in [-0.05, 0) is 24.7 Å². The third-order valence-corrected chi connectivity index (χ3v) is 16.1. The Morgan fingerprint density at radius 3 is 0.719 bits per heavy atom. The van der Waals surface area contributed by atoms with Gasteiger partial charge >= 0.3 is 26.4 Å². The minimum Gasteiger partial charge on any atom is -0.377 e. The number of rotatable bonds is 18. The molecule has 9 nitrogen and oxygen atoms in total. The van der Waals surface area contributed by atoms with E-state index in [1.54, 1.807) is 64.0 Å². The third-order valence-electron chi connectivity index (χ3n) is 6.77. The van der Waals surface area contributed by atoms with Gasteiger partial charge in [-0.1, -0.05) is 27.7 Å². The SMILES string of the molecule is CO[Si](OC)(OC)C(C)CC(C)(CC(C)[Si](OC)(OC)OC)CC(C)[Si](OC)(OC)OC. The van der Waals surface area contributed by atoms with Gasteiger partial charge in [0.25, 0.3) is 0 Å². The van der Waals surface area contributed by atoms with Gasteiger partial charge in [-0.3, -0.25) is 0 Å². The first-order valence-electron chi connectivity index (χ1n) is 10.9. The van der Waals surface area contributed by atoms with E-state index in [0.717, 1.165) is 19.3 Å². The van der Waals surface area contributed by atoms with Crippen molar-refractivity contribution in [2.45, 2.75) is 63.6 Å². The molecular weight excluding hydrogens is 468 g/mol. The van der Waals surface area contributed by atoms with E-state index < -0.39 is 26.4 Å². The Hall–Kier alpha value is 0.291. The lowest BCUT2D eigenvalue weighted by molar-refractivity contribution is 0.0797. The summed E-state index contributed by atoms with van der Waals surface area (Å²) in [6, 6.07) is 0. The largest absolute Gasteiger partial charge is 0.503 e. The fourth-order valence-electron chi connectivity index (χ4n) is 5.40. The molecule has 3 atom stereocenters. The first-order chi connectivity index (χ1) is 14.9. The predicted molar refractivity (Wildman–Crippen MR) is 131 cm³/mol. The van der Waals surface area contributed by atoms with Crippen molar-refractivity contribution in [1.29, 1.82) is 0 Å². The lowest BCUT2D eigenvalue weighted by Crippen LogP contribution is -2.51. The molecule has 0 saturated carbocycles. The highest BCUT2D eigenvalue weighted by atomic mass is 28.4. The standard InChI is InChI=1S/C20H48O9Si3/c1-17(30(21-5,22-6)23-7)14-20(4,15-18(2)31(24-8,25-9)26-10)16-19(3)32(27-11,28-12)29-13/h17-19H,14-16H2,1-13H3. The molecule has 0 aromatic carbocycles. The molecule has 0 spiro atoms. The Bertz CT molecular complexity index is 420. The number of hydrogen-bond acceptors (Lipinski definition) is 9. The van der Waals surface area contributed by atoms with Gasteiger partial charge in [-0.25, -0.2) is 0 Å². The van der Waals surface area contributed by atoms with Crippen molar-refractivity contribution in [1.82, 2.24) is 0 Å². The van der Waals surface area contributed by atoms with E-state index >= 15 is 0 Å². The third kappa shape index (κ3) is 7.15. The molecule has 0 fully saturated rings. The van der Waals surface area contributed by atoms with Gasteiger partial charge in [0.05, 0.1) is 0 Å². The molecule has 0 heterocycles. The molecule has 0 aliphatic carbocycles. The van der Waals surface area contributed by atoms with Crippen molar-refractivity contribution in [3.05, 3.63) is 0 Å². The lowest BCUT2D eigenvalue weighted by atomic mass is 9.77. The Balaban J connectivity index is 6.16. The second-order valence-corrected chi connectivity index (χ2v) is 19.0. The van der Waals surface area contributed by atoms with Crippen LogP contribution in [-0.4, -0.2) is 90.4 Å². The highest BCUT2D eigenvalue weighted by Gasteiger charge is 2.53. The maximum Gasteiger partial charge on any atom is 0.503 e. The van der Waals surface area contributed by atoms with Crippen LogP contribution in [0, 0.1) is 5.41 Å². The Morgan fingerprint density at radius 1 is 0.438 bits per heavy atom. The summed E-state index contributed by atoms with van der Waals surface area (Å²) in [6.07, 6.45) is 2.39. The molecule has 0 bridgehead atoms. The summed E-state index contributed by atoms with van der Waals surface area (Å²) in [4.78, 5) is 0. The molecule has 0 N–H and O–H groups in total. The van der Waals surface area contributed by atoms with E-state index in [9.17, 15) is 0 Å². The van der Waals surface area contributed by atoms with Crippen LogP contribution in [0.5, 0.6) is 0 Å². The van der Waals surface area contributed by atoms with Crippen molar-refractivity contribution in [3.63, 3.8) is 0 Å². The van der Waals surface area contributed by atoms with Crippen molar-refractivity contribution < 1.29 is 39.8 Å². The van der Waals surface area contributed by atoms with Crippen LogP contribution in [0.2, 0.25) is 16.6 Å². The Morgan fingerprint density at radius 2 is 0.594 bits per heavy atom. The van der Waals surface area contributed by atoms with Gasteiger partial charge in [-0.2, -0.15) is 0 Å². The molecule has 12 heteroatoms. The zero-order valence-corrected chi connectivity index (χ0v) is 25.5. The normalized spacial score (nSPS) is 18.3. The smallest absolute Gasteiger partial charge is 0.377 e. The Kier molecular flexibility index (Phi) is 14.1.